The van der Waals surface area contributed by atoms with Gasteiger partial charge in [-0.1, -0.05) is 35.6 Å². The minimum absolute atomic E-state index is 0.0745. The molecule has 0 spiro atoms. The number of nitrogens with zero attached hydrogens (tertiary/aromatic N) is 3. The van der Waals surface area contributed by atoms with Crippen LogP contribution in [0.1, 0.15) is 31.2 Å². The number of aromatic nitrogens is 1. The number of fused-ring (bicyclic) bond motifs is 1. The second-order valence-corrected chi connectivity index (χ2v) is 9.40. The lowest BCUT2D eigenvalue weighted by Gasteiger charge is -2.24. The van der Waals surface area contributed by atoms with E-state index >= 15 is 0 Å². The number of thiazole rings is 1. The van der Waals surface area contributed by atoms with Gasteiger partial charge in [-0.15, -0.1) is 0 Å². The molecule has 3 heterocycles. The average Bonchev–Trinajstić information content (AvgIpc) is 3.47. The summed E-state index contributed by atoms with van der Waals surface area (Å²) in [6.45, 7) is 3.23. The van der Waals surface area contributed by atoms with Crippen LogP contribution in [-0.2, 0) is 4.79 Å². The molecule has 2 aromatic heterocycles. The molecule has 0 saturated carbocycles. The Balaban J connectivity index is 1.63. The van der Waals surface area contributed by atoms with E-state index in [0.29, 0.717) is 43.4 Å². The number of carbonyl (C=O) groups is 1. The van der Waals surface area contributed by atoms with E-state index in [9.17, 15) is 19.7 Å². The summed E-state index contributed by atoms with van der Waals surface area (Å²) in [6.07, 6.45) is 1.58. The van der Waals surface area contributed by atoms with E-state index in [1.54, 1.807) is 62.6 Å². The third-order valence-electron chi connectivity index (χ3n) is 6.10. The van der Waals surface area contributed by atoms with Gasteiger partial charge in [-0.3, -0.25) is 24.3 Å². The summed E-state index contributed by atoms with van der Waals surface area (Å²) < 4.78 is 13.0. The fraction of sp³-hybridized carbons (Fsp3) is 0.148. The number of para-hydroxylation sites is 1. The van der Waals surface area contributed by atoms with Crippen LogP contribution in [0.3, 0.4) is 0 Å². The van der Waals surface area contributed by atoms with Crippen molar-refractivity contribution >= 4 is 28.9 Å². The first-order chi connectivity index (χ1) is 17.8. The molecule has 0 unspecified atom stereocenters. The van der Waals surface area contributed by atoms with Gasteiger partial charge in [-0.05, 0) is 49.7 Å². The maximum Gasteiger partial charge on any atom is 0.280 e. The van der Waals surface area contributed by atoms with E-state index in [2.05, 4.69) is 4.99 Å². The molecule has 2 aromatic carbocycles. The number of rotatable bonds is 6. The number of nitro groups is 1. The number of hydrogen-bond donors (Lipinski definition) is 0. The Morgan fingerprint density at radius 1 is 1.16 bits per heavy atom. The number of allylic oxidation sites excluding steroid dienone is 2. The normalized spacial score (nSPS) is 15.3. The van der Waals surface area contributed by atoms with Gasteiger partial charge in [0.15, 0.2) is 10.6 Å². The van der Waals surface area contributed by atoms with E-state index in [-0.39, 0.29) is 17.0 Å². The summed E-state index contributed by atoms with van der Waals surface area (Å²) in [5.74, 6) is 1.17. The molecule has 1 aliphatic rings. The van der Waals surface area contributed by atoms with Gasteiger partial charge in [0.1, 0.15) is 17.3 Å². The summed E-state index contributed by atoms with van der Waals surface area (Å²) in [6, 6.07) is 16.2. The predicted molar refractivity (Wildman–Crippen MR) is 138 cm³/mol. The Labute approximate surface area is 214 Å². The predicted octanol–water partition coefficient (Wildman–Crippen LogP) is 4.00. The molecule has 1 aliphatic heterocycles. The number of methoxy groups -OCH3 is 1. The highest BCUT2D eigenvalue weighted by molar-refractivity contribution is 7.07. The lowest BCUT2D eigenvalue weighted by Crippen LogP contribution is -2.39. The van der Waals surface area contributed by atoms with Crippen LogP contribution in [-0.4, -0.2) is 22.4 Å². The van der Waals surface area contributed by atoms with Crippen LogP contribution in [0, 0.1) is 10.1 Å². The Morgan fingerprint density at radius 3 is 2.57 bits per heavy atom. The van der Waals surface area contributed by atoms with Crippen molar-refractivity contribution in [1.29, 1.82) is 0 Å². The van der Waals surface area contributed by atoms with Crippen molar-refractivity contribution in [2.45, 2.75) is 19.9 Å². The lowest BCUT2D eigenvalue weighted by molar-refractivity contribution is -0.384. The van der Waals surface area contributed by atoms with E-state index in [0.717, 1.165) is 5.56 Å². The standard InChI is InChI=1S/C27H21N3O6S/c1-15-24(16(2)31)25(17-8-10-18(35-3)11-9-17)29-26(32)23(37-27(29)28-15)14-19-12-13-22(36-19)20-6-4-5-7-21(20)30(33)34/h4-14,25H,1-3H3/b23-14+/t25-/m0/s1. The van der Waals surface area contributed by atoms with Crippen molar-refractivity contribution < 1.29 is 18.9 Å². The van der Waals surface area contributed by atoms with Gasteiger partial charge in [0, 0.05) is 23.4 Å². The lowest BCUT2D eigenvalue weighted by atomic mass is 9.93. The average molecular weight is 516 g/mol. The number of Topliss-reactive ketones (excluding diaryl/α,β-unsaturated/α-hetero) is 1. The highest BCUT2D eigenvalue weighted by Crippen LogP contribution is 2.32. The van der Waals surface area contributed by atoms with Crippen molar-refractivity contribution in [2.75, 3.05) is 7.11 Å². The van der Waals surface area contributed by atoms with Gasteiger partial charge in [0.2, 0.25) is 0 Å². The summed E-state index contributed by atoms with van der Waals surface area (Å²) in [5, 5.41) is 11.4. The maximum absolute atomic E-state index is 13.6. The number of furan rings is 1. The van der Waals surface area contributed by atoms with Crippen LogP contribution in [0.15, 0.2) is 86.1 Å². The molecule has 4 aromatic rings. The van der Waals surface area contributed by atoms with E-state index in [1.165, 1.54) is 28.9 Å². The number of ketones is 1. The number of hydrogen-bond acceptors (Lipinski definition) is 8. The molecule has 10 heteroatoms. The molecule has 186 valence electrons. The maximum atomic E-state index is 13.6. The molecule has 1 atom stereocenters. The van der Waals surface area contributed by atoms with E-state index < -0.39 is 11.0 Å². The van der Waals surface area contributed by atoms with Crippen LogP contribution in [0.2, 0.25) is 0 Å². The zero-order chi connectivity index (χ0) is 26.3. The topological polar surface area (TPSA) is 117 Å². The Hall–Kier alpha value is -4.57. The van der Waals surface area contributed by atoms with Crippen molar-refractivity contribution in [3.8, 4) is 17.1 Å². The summed E-state index contributed by atoms with van der Waals surface area (Å²) in [4.78, 5) is 42.2. The van der Waals surface area contributed by atoms with Gasteiger partial charge in [-0.25, -0.2) is 4.99 Å². The summed E-state index contributed by atoms with van der Waals surface area (Å²) in [7, 11) is 1.57. The number of benzene rings is 2. The molecule has 37 heavy (non-hydrogen) atoms. The Morgan fingerprint density at radius 2 is 1.89 bits per heavy atom. The van der Waals surface area contributed by atoms with Gasteiger partial charge in [-0.2, -0.15) is 0 Å². The third-order valence-corrected chi connectivity index (χ3v) is 7.08. The molecule has 0 saturated heterocycles. The quantitative estimate of drug-likeness (QED) is 0.283. The monoisotopic (exact) mass is 515 g/mol. The largest absolute Gasteiger partial charge is 0.497 e. The molecule has 0 aliphatic carbocycles. The van der Waals surface area contributed by atoms with Crippen LogP contribution in [0.4, 0.5) is 5.69 Å². The minimum atomic E-state index is -0.638. The summed E-state index contributed by atoms with van der Waals surface area (Å²) >= 11 is 1.18. The molecule has 0 N–H and O–H groups in total. The number of nitro benzene ring substituents is 1. The zero-order valence-electron chi connectivity index (χ0n) is 20.1. The van der Waals surface area contributed by atoms with Gasteiger partial charge >= 0.3 is 0 Å². The van der Waals surface area contributed by atoms with Crippen molar-refractivity contribution in [3.05, 3.63) is 113 Å². The third kappa shape index (κ3) is 4.31. The van der Waals surface area contributed by atoms with Gasteiger partial charge in [0.25, 0.3) is 11.2 Å². The fourth-order valence-electron chi connectivity index (χ4n) is 4.42. The molecule has 0 bridgehead atoms. The van der Waals surface area contributed by atoms with Crippen LogP contribution >= 0.6 is 11.3 Å². The Kier molecular flexibility index (Phi) is 6.18. The first-order valence-corrected chi connectivity index (χ1v) is 12.1. The number of carbonyl (C=O) groups excluding carboxylic acids is 1. The summed E-state index contributed by atoms with van der Waals surface area (Å²) in [5.41, 5.74) is 1.70. The molecular formula is C27H21N3O6S. The minimum Gasteiger partial charge on any atom is -0.497 e. The van der Waals surface area contributed by atoms with Crippen LogP contribution in [0.5, 0.6) is 5.75 Å². The van der Waals surface area contributed by atoms with Gasteiger partial charge < -0.3 is 9.15 Å². The molecule has 9 nitrogen and oxygen atoms in total. The Bertz CT molecular complexity index is 1760. The van der Waals surface area contributed by atoms with Crippen molar-refractivity contribution in [1.82, 2.24) is 4.57 Å². The smallest absolute Gasteiger partial charge is 0.280 e. The zero-order valence-corrected chi connectivity index (χ0v) is 20.9. The molecule has 5 rings (SSSR count). The molecule has 0 fully saturated rings. The van der Waals surface area contributed by atoms with Crippen LogP contribution < -0.4 is 19.6 Å². The van der Waals surface area contributed by atoms with E-state index in [4.69, 9.17) is 9.15 Å². The molecule has 0 amide bonds. The number of ether oxygens (including phenoxy) is 1. The SMILES string of the molecule is COc1ccc([C@H]2C(C(C)=O)=C(C)N=c3s/c(=C/c4ccc(-c5ccccc5[N+](=O)[O-])o4)c(=O)n32)cc1. The highest BCUT2D eigenvalue weighted by Gasteiger charge is 2.30. The highest BCUT2D eigenvalue weighted by atomic mass is 32.1. The van der Waals surface area contributed by atoms with Crippen LogP contribution in [0.25, 0.3) is 17.4 Å². The second-order valence-electron chi connectivity index (χ2n) is 8.39. The van der Waals surface area contributed by atoms with Gasteiger partial charge in [0.05, 0.1) is 28.2 Å². The molecular weight excluding hydrogens is 494 g/mol. The fourth-order valence-corrected chi connectivity index (χ4v) is 5.44. The van der Waals surface area contributed by atoms with Crippen molar-refractivity contribution in [2.24, 2.45) is 4.99 Å². The second kappa shape index (κ2) is 9.47. The van der Waals surface area contributed by atoms with Crippen molar-refractivity contribution in [3.63, 3.8) is 0 Å². The first-order valence-electron chi connectivity index (χ1n) is 11.3. The van der Waals surface area contributed by atoms with E-state index in [1.807, 2.05) is 12.1 Å². The first kappa shape index (κ1) is 24.1. The molecule has 0 radical (unpaired) electrons.